The molecular weight excluding hydrogens is 310 g/mol. The highest BCUT2D eigenvalue weighted by molar-refractivity contribution is 9.10. The minimum Gasteiger partial charge on any atom is -0.464 e. The van der Waals surface area contributed by atoms with Crippen molar-refractivity contribution in [3.63, 3.8) is 0 Å². The minimum absolute atomic E-state index is 0.159. The van der Waals surface area contributed by atoms with E-state index in [1.165, 1.54) is 7.11 Å². The number of halogens is 1. The van der Waals surface area contributed by atoms with Gasteiger partial charge in [-0.15, -0.1) is 0 Å². The van der Waals surface area contributed by atoms with Crippen LogP contribution in [0.4, 0.5) is 5.82 Å². The summed E-state index contributed by atoms with van der Waals surface area (Å²) in [6.45, 7) is 2.35. The topological polar surface area (TPSA) is 70.1 Å². The van der Waals surface area contributed by atoms with Gasteiger partial charge >= 0.3 is 5.97 Å². The number of anilines is 1. The molecule has 0 amide bonds. The van der Waals surface area contributed by atoms with Crippen LogP contribution < -0.4 is 5.73 Å². The Labute approximate surface area is 119 Å². The van der Waals surface area contributed by atoms with Crippen molar-refractivity contribution in [1.82, 2.24) is 9.55 Å². The number of nitrogens with two attached hydrogens (primary N) is 1. The maximum absolute atomic E-state index is 11.5. The summed E-state index contributed by atoms with van der Waals surface area (Å²) < 4.78 is 7.43. The first-order valence-corrected chi connectivity index (χ1v) is 6.48. The Morgan fingerprint density at radius 1 is 1.47 bits per heavy atom. The molecule has 0 saturated heterocycles. The number of hydrogen-bond donors (Lipinski definition) is 1. The van der Waals surface area contributed by atoms with Gasteiger partial charge < -0.3 is 15.0 Å². The lowest BCUT2D eigenvalue weighted by Gasteiger charge is -2.09. The molecule has 19 heavy (non-hydrogen) atoms. The molecule has 0 atom stereocenters. The highest BCUT2D eigenvalue weighted by atomic mass is 79.9. The lowest BCUT2D eigenvalue weighted by Crippen LogP contribution is -2.09. The summed E-state index contributed by atoms with van der Waals surface area (Å²) in [4.78, 5) is 15.7. The largest absolute Gasteiger partial charge is 0.464 e. The Hall–Kier alpha value is -1.82. The maximum atomic E-state index is 11.5. The van der Waals surface area contributed by atoms with E-state index in [0.717, 1.165) is 10.0 Å². The van der Waals surface area contributed by atoms with E-state index in [-0.39, 0.29) is 5.69 Å². The van der Waals surface area contributed by atoms with Crippen molar-refractivity contribution in [2.45, 2.75) is 13.5 Å². The smallest absolute Gasteiger partial charge is 0.360 e. The molecule has 0 saturated carbocycles. The molecule has 6 heteroatoms. The summed E-state index contributed by atoms with van der Waals surface area (Å²) in [5.41, 5.74) is 7.18. The van der Waals surface area contributed by atoms with Crippen molar-refractivity contribution >= 4 is 27.7 Å². The Balaban J connectivity index is 2.39. The van der Waals surface area contributed by atoms with E-state index in [0.29, 0.717) is 18.2 Å². The van der Waals surface area contributed by atoms with Gasteiger partial charge in [-0.05, 0) is 18.6 Å². The van der Waals surface area contributed by atoms with E-state index in [1.807, 2.05) is 24.3 Å². The molecule has 2 N–H and O–H groups in total. The molecule has 0 aliphatic heterocycles. The summed E-state index contributed by atoms with van der Waals surface area (Å²) in [5.74, 6) is 0.472. The number of rotatable bonds is 3. The predicted octanol–water partition coefficient (Wildman–Crippen LogP) is 2.37. The van der Waals surface area contributed by atoms with Gasteiger partial charge in [-0.3, -0.25) is 0 Å². The summed E-state index contributed by atoms with van der Waals surface area (Å²) in [7, 11) is 1.31. The molecule has 1 heterocycles. The molecule has 1 aromatic carbocycles. The van der Waals surface area contributed by atoms with E-state index < -0.39 is 5.97 Å². The summed E-state index contributed by atoms with van der Waals surface area (Å²) >= 11 is 3.49. The van der Waals surface area contributed by atoms with Crippen LogP contribution in [-0.2, 0) is 11.3 Å². The first kappa shape index (κ1) is 13.6. The lowest BCUT2D eigenvalue weighted by molar-refractivity contribution is 0.0595. The van der Waals surface area contributed by atoms with Gasteiger partial charge in [0.15, 0.2) is 5.69 Å². The first-order chi connectivity index (χ1) is 9.04. The number of esters is 1. The number of methoxy groups -OCH3 is 1. The molecule has 0 spiro atoms. The molecule has 0 radical (unpaired) electrons. The van der Waals surface area contributed by atoms with Crippen LogP contribution in [0.25, 0.3) is 0 Å². The zero-order valence-corrected chi connectivity index (χ0v) is 12.3. The quantitative estimate of drug-likeness (QED) is 0.880. The Morgan fingerprint density at radius 3 is 2.79 bits per heavy atom. The molecule has 100 valence electrons. The van der Waals surface area contributed by atoms with Crippen LogP contribution in [0.5, 0.6) is 0 Å². The third-order valence-corrected chi connectivity index (χ3v) is 3.64. The zero-order valence-electron chi connectivity index (χ0n) is 10.7. The minimum atomic E-state index is -0.522. The number of carbonyl (C=O) groups excluding carboxylic acids is 1. The molecule has 1 aromatic heterocycles. The number of carbonyl (C=O) groups is 1. The molecule has 5 nitrogen and oxygen atoms in total. The normalized spacial score (nSPS) is 10.5. The van der Waals surface area contributed by atoms with Crippen LogP contribution in [0, 0.1) is 6.92 Å². The van der Waals surface area contributed by atoms with Gasteiger partial charge in [0.05, 0.1) is 13.7 Å². The van der Waals surface area contributed by atoms with Gasteiger partial charge in [0.1, 0.15) is 11.6 Å². The van der Waals surface area contributed by atoms with Gasteiger partial charge in [0, 0.05) is 4.47 Å². The van der Waals surface area contributed by atoms with Gasteiger partial charge in [-0.25, -0.2) is 9.78 Å². The van der Waals surface area contributed by atoms with Gasteiger partial charge in [0.25, 0.3) is 0 Å². The average molecular weight is 324 g/mol. The highest BCUT2D eigenvalue weighted by Gasteiger charge is 2.19. The molecular formula is C13H14BrN3O2. The number of ether oxygens (including phenoxy) is 1. The van der Waals surface area contributed by atoms with E-state index in [4.69, 9.17) is 5.73 Å². The molecule has 0 bridgehead atoms. The van der Waals surface area contributed by atoms with Crippen LogP contribution in [0.1, 0.15) is 21.9 Å². The van der Waals surface area contributed by atoms with Gasteiger partial charge in [-0.1, -0.05) is 34.1 Å². The number of aromatic nitrogens is 2. The van der Waals surface area contributed by atoms with Crippen molar-refractivity contribution < 1.29 is 9.53 Å². The fourth-order valence-corrected chi connectivity index (χ4v) is 2.24. The predicted molar refractivity (Wildman–Crippen MR) is 76.0 cm³/mol. The van der Waals surface area contributed by atoms with Crippen LogP contribution in [0.3, 0.4) is 0 Å². The zero-order chi connectivity index (χ0) is 14.0. The molecule has 2 rings (SSSR count). The van der Waals surface area contributed by atoms with Crippen LogP contribution in [0.15, 0.2) is 28.7 Å². The third kappa shape index (κ3) is 2.63. The summed E-state index contributed by atoms with van der Waals surface area (Å²) in [6, 6.07) is 7.83. The summed E-state index contributed by atoms with van der Waals surface area (Å²) in [5, 5.41) is 0. The van der Waals surface area contributed by atoms with Crippen molar-refractivity contribution in [1.29, 1.82) is 0 Å². The second-order valence-corrected chi connectivity index (χ2v) is 4.92. The molecule has 0 unspecified atom stereocenters. The molecule has 0 fully saturated rings. The van der Waals surface area contributed by atoms with Gasteiger partial charge in [0.2, 0.25) is 0 Å². The third-order valence-electron chi connectivity index (χ3n) is 2.86. The van der Waals surface area contributed by atoms with Crippen molar-refractivity contribution in [3.05, 3.63) is 45.8 Å². The molecule has 0 aliphatic carbocycles. The highest BCUT2D eigenvalue weighted by Crippen LogP contribution is 2.21. The van der Waals surface area contributed by atoms with Crippen molar-refractivity contribution in [2.24, 2.45) is 0 Å². The number of hydrogen-bond acceptors (Lipinski definition) is 4. The molecule has 0 aliphatic rings. The van der Waals surface area contributed by atoms with Crippen molar-refractivity contribution in [3.8, 4) is 0 Å². The first-order valence-electron chi connectivity index (χ1n) is 5.69. The van der Waals surface area contributed by atoms with E-state index >= 15 is 0 Å². The number of nitrogen functional groups attached to an aromatic ring is 1. The van der Waals surface area contributed by atoms with Gasteiger partial charge in [-0.2, -0.15) is 0 Å². The SMILES string of the molecule is COC(=O)c1nc(C)n(Cc2ccccc2Br)c1N. The average Bonchev–Trinajstić information content (AvgIpc) is 2.68. The van der Waals surface area contributed by atoms with Crippen LogP contribution >= 0.6 is 15.9 Å². The van der Waals surface area contributed by atoms with E-state index in [2.05, 4.69) is 25.7 Å². The van der Waals surface area contributed by atoms with Crippen LogP contribution in [-0.4, -0.2) is 22.6 Å². The summed E-state index contributed by atoms with van der Waals surface area (Å²) in [6.07, 6.45) is 0. The number of nitrogens with zero attached hydrogens (tertiary/aromatic N) is 2. The van der Waals surface area contributed by atoms with Crippen molar-refractivity contribution in [2.75, 3.05) is 12.8 Å². The number of benzene rings is 1. The second kappa shape index (κ2) is 5.44. The van der Waals surface area contributed by atoms with Crippen LogP contribution in [0.2, 0.25) is 0 Å². The number of aryl methyl sites for hydroxylation is 1. The fourth-order valence-electron chi connectivity index (χ4n) is 1.83. The molecule has 2 aromatic rings. The standard InChI is InChI=1S/C13H14BrN3O2/c1-8-16-11(13(18)19-2)12(15)17(8)7-9-5-3-4-6-10(9)14/h3-6H,7,15H2,1-2H3. The second-order valence-electron chi connectivity index (χ2n) is 4.06. The maximum Gasteiger partial charge on any atom is 0.360 e. The monoisotopic (exact) mass is 323 g/mol. The Kier molecular flexibility index (Phi) is 3.90. The lowest BCUT2D eigenvalue weighted by atomic mass is 10.2. The Bertz CT molecular complexity index is 622. The number of imidazole rings is 1. The van der Waals surface area contributed by atoms with E-state index in [9.17, 15) is 4.79 Å². The van der Waals surface area contributed by atoms with E-state index in [1.54, 1.807) is 11.5 Å². The fraction of sp³-hybridized carbons (Fsp3) is 0.231. The Morgan fingerprint density at radius 2 is 2.16 bits per heavy atom.